The van der Waals surface area contributed by atoms with Gasteiger partial charge in [0.2, 0.25) is 11.7 Å². The predicted octanol–water partition coefficient (Wildman–Crippen LogP) is 1.70. The van der Waals surface area contributed by atoms with E-state index in [4.69, 9.17) is 9.47 Å². The third kappa shape index (κ3) is 2.88. The number of aromatic nitrogens is 2. The van der Waals surface area contributed by atoms with E-state index in [1.54, 1.807) is 23.7 Å². The quantitative estimate of drug-likeness (QED) is 0.617. The van der Waals surface area contributed by atoms with E-state index in [1.165, 1.54) is 26.0 Å². The molecular formula is C17H19N3O5S. The molecule has 3 rings (SSSR count). The Hall–Kier alpha value is -2.68. The fourth-order valence-electron chi connectivity index (χ4n) is 3.12. The number of ether oxygens (including phenoxy) is 2. The van der Waals surface area contributed by atoms with Gasteiger partial charge in [-0.15, -0.1) is 0 Å². The number of phenolic OH excluding ortho intramolecular Hbond substituents is 1. The van der Waals surface area contributed by atoms with Crippen LogP contribution in [-0.4, -0.2) is 41.0 Å². The highest BCUT2D eigenvalue weighted by Gasteiger charge is 2.33. The van der Waals surface area contributed by atoms with Gasteiger partial charge >= 0.3 is 0 Å². The fourth-order valence-corrected chi connectivity index (χ4v) is 3.66. The molecule has 1 aromatic carbocycles. The van der Waals surface area contributed by atoms with Crippen molar-refractivity contribution >= 4 is 23.5 Å². The van der Waals surface area contributed by atoms with Crippen molar-refractivity contribution in [2.75, 3.05) is 25.8 Å². The van der Waals surface area contributed by atoms with E-state index >= 15 is 0 Å². The van der Waals surface area contributed by atoms with Crippen LogP contribution in [0.2, 0.25) is 0 Å². The van der Waals surface area contributed by atoms with Gasteiger partial charge < -0.3 is 24.5 Å². The number of benzene rings is 1. The molecule has 1 atom stereocenters. The third-order valence-corrected chi connectivity index (χ3v) is 5.12. The Morgan fingerprint density at radius 1 is 1.27 bits per heavy atom. The number of hydrogen-bond acceptors (Lipinski definition) is 7. The van der Waals surface area contributed by atoms with Gasteiger partial charge in [-0.05, 0) is 24.0 Å². The van der Waals surface area contributed by atoms with Crippen molar-refractivity contribution in [1.82, 2.24) is 9.55 Å². The van der Waals surface area contributed by atoms with Crippen LogP contribution in [0.15, 0.2) is 22.1 Å². The number of carbonyl (C=O) groups excluding carboxylic acids is 1. The smallest absolute Gasteiger partial charge is 0.279 e. The summed E-state index contributed by atoms with van der Waals surface area (Å²) in [6, 6.07) is 3.21. The number of amides is 1. The second-order valence-corrected chi connectivity index (χ2v) is 6.58. The normalized spacial score (nSPS) is 16.0. The molecule has 0 fully saturated rings. The van der Waals surface area contributed by atoms with Crippen molar-refractivity contribution in [1.29, 1.82) is 0 Å². The summed E-state index contributed by atoms with van der Waals surface area (Å²) in [4.78, 5) is 29.1. The van der Waals surface area contributed by atoms with Crippen molar-refractivity contribution < 1.29 is 19.4 Å². The summed E-state index contributed by atoms with van der Waals surface area (Å²) >= 11 is 1.32. The largest absolute Gasteiger partial charge is 0.502 e. The molecular weight excluding hydrogens is 358 g/mol. The van der Waals surface area contributed by atoms with E-state index in [9.17, 15) is 14.7 Å². The number of nitrogens with zero attached hydrogens (tertiary/aromatic N) is 2. The number of rotatable bonds is 4. The van der Waals surface area contributed by atoms with Crippen LogP contribution in [0.5, 0.6) is 17.2 Å². The zero-order chi connectivity index (χ0) is 19.0. The maximum absolute atomic E-state index is 12.7. The Labute approximate surface area is 154 Å². The first kappa shape index (κ1) is 18.1. The van der Waals surface area contributed by atoms with Gasteiger partial charge in [-0.25, -0.2) is 0 Å². The minimum Gasteiger partial charge on any atom is -0.502 e. The number of carbonyl (C=O) groups is 1. The van der Waals surface area contributed by atoms with Crippen molar-refractivity contribution in [3.8, 4) is 17.2 Å². The summed E-state index contributed by atoms with van der Waals surface area (Å²) in [5.41, 5.74) is 0.640. The molecule has 0 radical (unpaired) electrons. The summed E-state index contributed by atoms with van der Waals surface area (Å²) < 4.78 is 12.1. The Balaban J connectivity index is 2.25. The first-order valence-corrected chi connectivity index (χ1v) is 9.03. The summed E-state index contributed by atoms with van der Waals surface area (Å²) in [7, 11) is 4.59. The first-order chi connectivity index (χ1) is 12.4. The van der Waals surface area contributed by atoms with Crippen LogP contribution >= 0.6 is 11.8 Å². The van der Waals surface area contributed by atoms with Gasteiger partial charge in [0.05, 0.1) is 19.8 Å². The second-order valence-electron chi connectivity index (χ2n) is 5.80. The average Bonchev–Trinajstić information content (AvgIpc) is 2.64. The number of thioether (sulfide) groups is 1. The SMILES string of the molecule is COc1cc(C2CC(=O)Nc3c2c(=O)nc(SC)n3C)cc(OC)c1O. The molecule has 8 nitrogen and oxygen atoms in total. The summed E-state index contributed by atoms with van der Waals surface area (Å²) in [5, 5.41) is 13.4. The zero-order valence-corrected chi connectivity index (χ0v) is 15.6. The molecule has 2 N–H and O–H groups in total. The maximum Gasteiger partial charge on any atom is 0.279 e. The highest BCUT2D eigenvalue weighted by molar-refractivity contribution is 7.98. The predicted molar refractivity (Wildman–Crippen MR) is 97.6 cm³/mol. The number of hydrogen-bond donors (Lipinski definition) is 2. The van der Waals surface area contributed by atoms with E-state index < -0.39 is 11.5 Å². The molecule has 26 heavy (non-hydrogen) atoms. The molecule has 0 saturated heterocycles. The molecule has 0 spiro atoms. The molecule has 0 saturated carbocycles. The van der Waals surface area contributed by atoms with Gasteiger partial charge in [0, 0.05) is 19.4 Å². The van der Waals surface area contributed by atoms with Gasteiger partial charge in [0.25, 0.3) is 5.56 Å². The van der Waals surface area contributed by atoms with E-state index in [1.807, 2.05) is 6.26 Å². The van der Waals surface area contributed by atoms with Gasteiger partial charge in [-0.3, -0.25) is 9.59 Å². The lowest BCUT2D eigenvalue weighted by Crippen LogP contribution is -2.33. The van der Waals surface area contributed by atoms with Gasteiger partial charge in [-0.2, -0.15) is 4.98 Å². The van der Waals surface area contributed by atoms with Crippen LogP contribution in [0.3, 0.4) is 0 Å². The summed E-state index contributed by atoms with van der Waals surface area (Å²) in [6.07, 6.45) is 1.89. The highest BCUT2D eigenvalue weighted by Crippen LogP contribution is 2.43. The minimum absolute atomic E-state index is 0.0830. The molecule has 1 unspecified atom stereocenters. The molecule has 138 valence electrons. The van der Waals surface area contributed by atoms with E-state index in [-0.39, 0.29) is 29.6 Å². The van der Waals surface area contributed by atoms with Crippen LogP contribution in [0, 0.1) is 0 Å². The summed E-state index contributed by atoms with van der Waals surface area (Å²) in [6.45, 7) is 0. The van der Waals surface area contributed by atoms with Crippen LogP contribution in [0.4, 0.5) is 5.82 Å². The first-order valence-electron chi connectivity index (χ1n) is 7.80. The van der Waals surface area contributed by atoms with Crippen molar-refractivity contribution in [3.63, 3.8) is 0 Å². The Kier molecular flexibility index (Phi) is 4.82. The molecule has 2 aromatic rings. The molecule has 1 aliphatic rings. The van der Waals surface area contributed by atoms with E-state index in [0.29, 0.717) is 22.1 Å². The average molecular weight is 377 g/mol. The minimum atomic E-state index is -0.524. The third-order valence-electron chi connectivity index (χ3n) is 4.39. The van der Waals surface area contributed by atoms with Crippen molar-refractivity contribution in [2.45, 2.75) is 17.5 Å². The van der Waals surface area contributed by atoms with Crippen molar-refractivity contribution in [3.05, 3.63) is 33.6 Å². The molecule has 1 amide bonds. The zero-order valence-electron chi connectivity index (χ0n) is 14.8. The van der Waals surface area contributed by atoms with Crippen LogP contribution in [-0.2, 0) is 11.8 Å². The fraction of sp³-hybridized carbons (Fsp3) is 0.353. The summed E-state index contributed by atoms with van der Waals surface area (Å²) in [5.74, 6) is -0.0228. The number of anilines is 1. The maximum atomic E-state index is 12.7. The Morgan fingerprint density at radius 3 is 2.42 bits per heavy atom. The lowest BCUT2D eigenvalue weighted by molar-refractivity contribution is -0.116. The molecule has 0 bridgehead atoms. The van der Waals surface area contributed by atoms with E-state index in [2.05, 4.69) is 10.3 Å². The monoisotopic (exact) mass is 377 g/mol. The standard InChI is InChI=1S/C17H19N3O5S/c1-20-15-13(16(23)19-17(20)26-4)9(7-12(21)18-15)8-5-10(24-2)14(22)11(6-8)25-3/h5-6,9,22H,7H2,1-4H3,(H,18,21). The number of phenols is 1. The molecule has 9 heteroatoms. The topological polar surface area (TPSA) is 103 Å². The number of aromatic hydroxyl groups is 1. The highest BCUT2D eigenvalue weighted by atomic mass is 32.2. The number of fused-ring (bicyclic) bond motifs is 1. The van der Waals surface area contributed by atoms with Crippen molar-refractivity contribution in [2.24, 2.45) is 7.05 Å². The Bertz CT molecular complexity index is 916. The number of methoxy groups -OCH3 is 2. The van der Waals surface area contributed by atoms with Crippen LogP contribution in [0.25, 0.3) is 0 Å². The van der Waals surface area contributed by atoms with Crippen LogP contribution in [0.1, 0.15) is 23.5 Å². The lowest BCUT2D eigenvalue weighted by atomic mass is 9.86. The molecule has 2 heterocycles. The molecule has 0 aliphatic carbocycles. The van der Waals surface area contributed by atoms with Gasteiger partial charge in [0.15, 0.2) is 16.7 Å². The number of nitrogens with one attached hydrogen (secondary N) is 1. The second kappa shape index (κ2) is 6.91. The molecule has 1 aromatic heterocycles. The van der Waals surface area contributed by atoms with Crippen LogP contribution < -0.4 is 20.3 Å². The molecule has 1 aliphatic heterocycles. The Morgan fingerprint density at radius 2 is 1.88 bits per heavy atom. The lowest BCUT2D eigenvalue weighted by Gasteiger charge is -2.28. The van der Waals surface area contributed by atoms with E-state index in [0.717, 1.165) is 0 Å². The van der Waals surface area contributed by atoms with Gasteiger partial charge in [0.1, 0.15) is 5.82 Å². The van der Waals surface area contributed by atoms with Gasteiger partial charge in [-0.1, -0.05) is 11.8 Å².